The highest BCUT2D eigenvalue weighted by Crippen LogP contribution is 2.09. The third kappa shape index (κ3) is 3.56. The van der Waals surface area contributed by atoms with Crippen LogP contribution in [0.2, 0.25) is 0 Å². The molecule has 0 aliphatic heterocycles. The van der Waals surface area contributed by atoms with Gasteiger partial charge in [-0.15, -0.1) is 0 Å². The van der Waals surface area contributed by atoms with E-state index in [2.05, 4.69) is 11.1 Å². The summed E-state index contributed by atoms with van der Waals surface area (Å²) >= 11 is 2.02. The number of nitrogen functional groups attached to an aromatic ring is 1. The molecule has 0 aliphatic carbocycles. The molecule has 1 heterocycles. The van der Waals surface area contributed by atoms with Crippen molar-refractivity contribution >= 4 is 28.3 Å². The second-order valence-electron chi connectivity index (χ2n) is 4.46. The quantitative estimate of drug-likeness (QED) is 0.665. The van der Waals surface area contributed by atoms with Crippen molar-refractivity contribution in [3.8, 4) is 0 Å². The number of aryl methyl sites for hydroxylation is 2. The third-order valence-corrected chi connectivity index (χ3v) is 3.74. The van der Waals surface area contributed by atoms with Crippen molar-refractivity contribution in [2.75, 3.05) is 5.73 Å². The normalized spacial score (nSPS) is 10.6. The standard InChI is InChI=1S/C14H16IN3O/c1-10-17-9-13(15)14(19)18(10)7-3-5-11-4-2-6-12(16)8-11/h2,4,6,8-9H,3,5,7,16H2,1H3. The molecule has 5 heteroatoms. The summed E-state index contributed by atoms with van der Waals surface area (Å²) in [6.07, 6.45) is 3.42. The van der Waals surface area contributed by atoms with Gasteiger partial charge in [0.25, 0.3) is 5.56 Å². The molecule has 1 aromatic heterocycles. The first kappa shape index (κ1) is 14.0. The van der Waals surface area contributed by atoms with Gasteiger partial charge >= 0.3 is 0 Å². The van der Waals surface area contributed by atoms with Crippen LogP contribution >= 0.6 is 22.6 Å². The zero-order valence-corrected chi connectivity index (χ0v) is 12.9. The number of halogens is 1. The van der Waals surface area contributed by atoms with Gasteiger partial charge in [-0.05, 0) is 60.1 Å². The number of anilines is 1. The maximum atomic E-state index is 12.0. The van der Waals surface area contributed by atoms with Crippen molar-refractivity contribution in [2.24, 2.45) is 0 Å². The smallest absolute Gasteiger partial charge is 0.266 e. The molecule has 0 radical (unpaired) electrons. The third-order valence-electron chi connectivity index (χ3n) is 3.00. The van der Waals surface area contributed by atoms with Gasteiger partial charge in [0, 0.05) is 18.4 Å². The summed E-state index contributed by atoms with van der Waals surface area (Å²) in [5.41, 5.74) is 7.76. The van der Waals surface area contributed by atoms with Crippen LogP contribution in [0.3, 0.4) is 0 Å². The molecule has 0 fully saturated rings. The van der Waals surface area contributed by atoms with Gasteiger partial charge in [0.15, 0.2) is 0 Å². The molecule has 0 saturated heterocycles. The van der Waals surface area contributed by atoms with Crippen molar-refractivity contribution in [1.29, 1.82) is 0 Å². The fourth-order valence-electron chi connectivity index (χ4n) is 2.00. The molecule has 0 amide bonds. The number of benzene rings is 1. The van der Waals surface area contributed by atoms with Gasteiger partial charge < -0.3 is 5.73 Å². The lowest BCUT2D eigenvalue weighted by molar-refractivity contribution is 0.589. The molecule has 100 valence electrons. The summed E-state index contributed by atoms with van der Waals surface area (Å²) in [6, 6.07) is 7.86. The van der Waals surface area contributed by atoms with E-state index in [9.17, 15) is 4.79 Å². The lowest BCUT2D eigenvalue weighted by atomic mass is 10.1. The molecule has 0 atom stereocenters. The first-order valence-corrected chi connectivity index (χ1v) is 7.22. The van der Waals surface area contributed by atoms with Crippen LogP contribution in [0.15, 0.2) is 35.3 Å². The summed E-state index contributed by atoms with van der Waals surface area (Å²) in [5.74, 6) is 0.762. The van der Waals surface area contributed by atoms with Crippen LogP contribution in [0.5, 0.6) is 0 Å². The topological polar surface area (TPSA) is 60.9 Å². The molecule has 0 bridgehead atoms. The number of hydrogen-bond donors (Lipinski definition) is 1. The Hall–Kier alpha value is -1.37. The molecule has 19 heavy (non-hydrogen) atoms. The van der Waals surface area contributed by atoms with E-state index < -0.39 is 0 Å². The monoisotopic (exact) mass is 369 g/mol. The van der Waals surface area contributed by atoms with Crippen LogP contribution in [-0.4, -0.2) is 9.55 Å². The number of nitrogens with zero attached hydrogens (tertiary/aromatic N) is 2. The van der Waals surface area contributed by atoms with Crippen molar-refractivity contribution in [1.82, 2.24) is 9.55 Å². The predicted molar refractivity (Wildman–Crippen MR) is 85.1 cm³/mol. The molecule has 2 N–H and O–H groups in total. The molecule has 0 spiro atoms. The minimum atomic E-state index is 0.0423. The van der Waals surface area contributed by atoms with E-state index in [-0.39, 0.29) is 5.56 Å². The fourth-order valence-corrected chi connectivity index (χ4v) is 2.43. The maximum absolute atomic E-state index is 12.0. The van der Waals surface area contributed by atoms with E-state index in [0.29, 0.717) is 10.1 Å². The van der Waals surface area contributed by atoms with Crippen molar-refractivity contribution in [2.45, 2.75) is 26.3 Å². The Labute approximate surface area is 125 Å². The Bertz CT molecular complexity index is 637. The molecule has 2 aromatic rings. The first-order chi connectivity index (χ1) is 9.08. The van der Waals surface area contributed by atoms with Gasteiger partial charge in [0.2, 0.25) is 0 Å². The Kier molecular flexibility index (Phi) is 4.57. The molecule has 4 nitrogen and oxygen atoms in total. The van der Waals surface area contributed by atoms with Crippen LogP contribution in [0.4, 0.5) is 5.69 Å². The average molecular weight is 369 g/mol. The molecule has 2 rings (SSSR count). The van der Waals surface area contributed by atoms with Crippen LogP contribution < -0.4 is 11.3 Å². The number of aromatic nitrogens is 2. The van der Waals surface area contributed by atoms with Crippen molar-refractivity contribution < 1.29 is 0 Å². The Balaban J connectivity index is 2.04. The second-order valence-corrected chi connectivity index (χ2v) is 5.62. The van der Waals surface area contributed by atoms with E-state index in [1.165, 1.54) is 5.56 Å². The van der Waals surface area contributed by atoms with E-state index >= 15 is 0 Å². The SMILES string of the molecule is Cc1ncc(I)c(=O)n1CCCc1cccc(N)c1. The summed E-state index contributed by atoms with van der Waals surface area (Å²) < 4.78 is 2.39. The predicted octanol–water partition coefficient (Wildman–Crippen LogP) is 2.37. The second kappa shape index (κ2) is 6.18. The highest BCUT2D eigenvalue weighted by molar-refractivity contribution is 14.1. The summed E-state index contributed by atoms with van der Waals surface area (Å²) in [6.45, 7) is 2.54. The first-order valence-electron chi connectivity index (χ1n) is 6.14. The lowest BCUT2D eigenvalue weighted by Gasteiger charge is -2.09. The number of hydrogen-bond acceptors (Lipinski definition) is 3. The molecular formula is C14H16IN3O. The summed E-state index contributed by atoms with van der Waals surface area (Å²) in [4.78, 5) is 16.2. The van der Waals surface area contributed by atoms with Gasteiger partial charge in [-0.3, -0.25) is 9.36 Å². The van der Waals surface area contributed by atoms with E-state index in [1.807, 2.05) is 47.7 Å². The van der Waals surface area contributed by atoms with E-state index in [4.69, 9.17) is 5.73 Å². The summed E-state index contributed by atoms with van der Waals surface area (Å²) in [5, 5.41) is 0. The molecule has 0 saturated carbocycles. The van der Waals surface area contributed by atoms with Crippen LogP contribution in [-0.2, 0) is 13.0 Å². The van der Waals surface area contributed by atoms with Gasteiger partial charge in [-0.2, -0.15) is 0 Å². The zero-order valence-electron chi connectivity index (χ0n) is 10.8. The zero-order chi connectivity index (χ0) is 13.8. The van der Waals surface area contributed by atoms with Gasteiger partial charge in [-0.1, -0.05) is 12.1 Å². The van der Waals surface area contributed by atoms with Gasteiger partial charge in [0.1, 0.15) is 5.82 Å². The minimum Gasteiger partial charge on any atom is -0.399 e. The van der Waals surface area contributed by atoms with Crippen LogP contribution in [0, 0.1) is 10.5 Å². The minimum absolute atomic E-state index is 0.0423. The van der Waals surface area contributed by atoms with Crippen LogP contribution in [0.1, 0.15) is 17.8 Å². The average Bonchev–Trinajstić information content (AvgIpc) is 2.38. The number of nitrogens with two attached hydrogens (primary N) is 1. The highest BCUT2D eigenvalue weighted by atomic mass is 127. The highest BCUT2D eigenvalue weighted by Gasteiger charge is 2.05. The Morgan fingerprint density at radius 2 is 2.21 bits per heavy atom. The number of rotatable bonds is 4. The summed E-state index contributed by atoms with van der Waals surface area (Å²) in [7, 11) is 0. The molecule has 0 aliphatic rings. The maximum Gasteiger partial charge on any atom is 0.266 e. The molecule has 0 unspecified atom stereocenters. The van der Waals surface area contributed by atoms with Gasteiger partial charge in [-0.25, -0.2) is 4.98 Å². The molecular weight excluding hydrogens is 353 g/mol. The molecule has 1 aromatic carbocycles. The van der Waals surface area contributed by atoms with Gasteiger partial charge in [0.05, 0.1) is 3.57 Å². The fraction of sp³-hybridized carbons (Fsp3) is 0.286. The van der Waals surface area contributed by atoms with Crippen LogP contribution in [0.25, 0.3) is 0 Å². The van der Waals surface area contributed by atoms with Crippen molar-refractivity contribution in [3.05, 3.63) is 55.8 Å². The van der Waals surface area contributed by atoms with E-state index in [0.717, 1.165) is 24.4 Å². The van der Waals surface area contributed by atoms with E-state index in [1.54, 1.807) is 10.8 Å². The lowest BCUT2D eigenvalue weighted by Crippen LogP contribution is -2.25. The largest absolute Gasteiger partial charge is 0.399 e. The Morgan fingerprint density at radius 3 is 2.95 bits per heavy atom. The van der Waals surface area contributed by atoms with Crippen molar-refractivity contribution in [3.63, 3.8) is 0 Å². The Morgan fingerprint density at radius 1 is 1.42 bits per heavy atom.